The van der Waals surface area contributed by atoms with Crippen LogP contribution < -0.4 is 10.0 Å². The number of rotatable bonds is 9. The molecular weight excluding hydrogens is 378 g/mol. The number of carboxylic acid groups (broad SMARTS) is 1. The van der Waals surface area contributed by atoms with E-state index in [0.717, 1.165) is 0 Å². The van der Waals surface area contributed by atoms with Gasteiger partial charge in [0, 0.05) is 18.3 Å². The summed E-state index contributed by atoms with van der Waals surface area (Å²) in [6.07, 6.45) is 0.850. The van der Waals surface area contributed by atoms with Gasteiger partial charge >= 0.3 is 5.97 Å². The lowest BCUT2D eigenvalue weighted by molar-refractivity contribution is 0.0690. The van der Waals surface area contributed by atoms with E-state index in [1.54, 1.807) is 19.1 Å². The third-order valence-electron chi connectivity index (χ3n) is 3.31. The number of amides is 1. The monoisotopic (exact) mass is 397 g/mol. The van der Waals surface area contributed by atoms with Gasteiger partial charge in [0.1, 0.15) is 0 Å². The highest BCUT2D eigenvalue weighted by atomic mass is 32.2. The third-order valence-corrected chi connectivity index (χ3v) is 5.69. The van der Waals surface area contributed by atoms with Crippen molar-refractivity contribution in [3.05, 3.63) is 45.9 Å². The van der Waals surface area contributed by atoms with E-state index in [9.17, 15) is 18.0 Å². The number of aromatic nitrogens is 1. The lowest BCUT2D eigenvalue weighted by atomic mass is 10.1. The highest BCUT2D eigenvalue weighted by Gasteiger charge is 2.16. The molecule has 0 unspecified atom stereocenters. The Morgan fingerprint density at radius 1 is 1.27 bits per heavy atom. The van der Waals surface area contributed by atoms with Crippen molar-refractivity contribution in [1.29, 1.82) is 0 Å². The van der Waals surface area contributed by atoms with Gasteiger partial charge in [0.25, 0.3) is 5.91 Å². The van der Waals surface area contributed by atoms with Gasteiger partial charge in [0.05, 0.1) is 22.0 Å². The van der Waals surface area contributed by atoms with Gasteiger partial charge in [-0.3, -0.25) is 9.52 Å². The largest absolute Gasteiger partial charge is 0.476 e. The molecule has 0 spiro atoms. The number of aromatic carboxylic acids is 1. The summed E-state index contributed by atoms with van der Waals surface area (Å²) < 4.78 is 26.3. The second-order valence-electron chi connectivity index (χ2n) is 5.40. The van der Waals surface area contributed by atoms with Crippen LogP contribution in [0.3, 0.4) is 0 Å². The third kappa shape index (κ3) is 5.53. The topological polar surface area (TPSA) is 125 Å². The Morgan fingerprint density at radius 2 is 2.00 bits per heavy atom. The molecule has 0 bridgehead atoms. The molecule has 10 heteroatoms. The average molecular weight is 397 g/mol. The van der Waals surface area contributed by atoms with Gasteiger partial charge in [0.15, 0.2) is 5.69 Å². The van der Waals surface area contributed by atoms with Crippen LogP contribution in [0, 0.1) is 0 Å². The van der Waals surface area contributed by atoms with Crippen molar-refractivity contribution in [2.45, 2.75) is 19.8 Å². The van der Waals surface area contributed by atoms with Crippen molar-refractivity contribution < 1.29 is 23.1 Å². The lowest BCUT2D eigenvalue weighted by Gasteiger charge is -2.12. The first kappa shape index (κ1) is 19.9. The predicted octanol–water partition coefficient (Wildman–Crippen LogP) is 1.97. The first-order valence-electron chi connectivity index (χ1n) is 7.88. The maximum Gasteiger partial charge on any atom is 0.355 e. The number of carbonyl (C=O) groups excluding carboxylic acids is 1. The number of anilines is 1. The minimum atomic E-state index is -3.50. The molecule has 3 N–H and O–H groups in total. The minimum Gasteiger partial charge on any atom is -0.476 e. The summed E-state index contributed by atoms with van der Waals surface area (Å²) in [6.45, 7) is 2.01. The normalized spacial score (nSPS) is 11.1. The van der Waals surface area contributed by atoms with Gasteiger partial charge in [-0.05, 0) is 18.6 Å². The fraction of sp³-hybridized carbons (Fsp3) is 0.312. The van der Waals surface area contributed by atoms with E-state index in [1.807, 2.05) is 0 Å². The highest BCUT2D eigenvalue weighted by molar-refractivity contribution is 7.92. The van der Waals surface area contributed by atoms with E-state index in [4.69, 9.17) is 5.11 Å². The highest BCUT2D eigenvalue weighted by Crippen LogP contribution is 2.17. The van der Waals surface area contributed by atoms with Crippen molar-refractivity contribution in [3.63, 3.8) is 0 Å². The summed E-state index contributed by atoms with van der Waals surface area (Å²) in [5, 5.41) is 13.6. The minimum absolute atomic E-state index is 0.0213. The summed E-state index contributed by atoms with van der Waals surface area (Å²) in [6, 6.07) is 6.35. The molecule has 140 valence electrons. The van der Waals surface area contributed by atoms with Gasteiger partial charge in [-0.25, -0.2) is 18.2 Å². The van der Waals surface area contributed by atoms with Crippen molar-refractivity contribution in [2.24, 2.45) is 0 Å². The number of hydrogen-bond acceptors (Lipinski definition) is 6. The Hall–Kier alpha value is -2.46. The molecule has 26 heavy (non-hydrogen) atoms. The second kappa shape index (κ2) is 8.77. The molecule has 1 amide bonds. The second-order valence-corrected chi connectivity index (χ2v) is 8.19. The van der Waals surface area contributed by atoms with Gasteiger partial charge < -0.3 is 10.4 Å². The number of carboxylic acids is 1. The number of sulfonamides is 1. The Bertz CT molecular complexity index is 893. The molecule has 2 aromatic rings. The number of nitrogens with zero attached hydrogens (tertiary/aromatic N) is 1. The number of thiazole rings is 1. The van der Waals surface area contributed by atoms with Crippen LogP contribution in [0.25, 0.3) is 0 Å². The Morgan fingerprint density at radius 3 is 2.65 bits per heavy atom. The lowest BCUT2D eigenvalue weighted by Crippen LogP contribution is -2.27. The molecule has 0 fully saturated rings. The van der Waals surface area contributed by atoms with Crippen molar-refractivity contribution in [2.75, 3.05) is 17.0 Å². The molecule has 2 rings (SSSR count). The van der Waals surface area contributed by atoms with Crippen LogP contribution in [-0.4, -0.2) is 42.7 Å². The van der Waals surface area contributed by atoms with Crippen LogP contribution in [-0.2, 0) is 16.4 Å². The van der Waals surface area contributed by atoms with E-state index in [1.165, 1.54) is 28.8 Å². The van der Waals surface area contributed by atoms with E-state index in [2.05, 4.69) is 15.0 Å². The molecule has 8 nitrogen and oxygen atoms in total. The van der Waals surface area contributed by atoms with Crippen LogP contribution in [0.5, 0.6) is 0 Å². The molecule has 0 radical (unpaired) electrons. The van der Waals surface area contributed by atoms with E-state index < -0.39 is 21.9 Å². The number of para-hydroxylation sites is 1. The zero-order valence-electron chi connectivity index (χ0n) is 14.1. The summed E-state index contributed by atoms with van der Waals surface area (Å²) in [5.41, 5.74) is 0.422. The zero-order valence-corrected chi connectivity index (χ0v) is 15.7. The van der Waals surface area contributed by atoms with Crippen LogP contribution in [0.1, 0.15) is 39.2 Å². The Balaban J connectivity index is 1.99. The first-order valence-corrected chi connectivity index (χ1v) is 10.4. The molecule has 0 aliphatic heterocycles. The standard InChI is InChI=1S/C16H19N3O5S2/c1-2-9-26(23,24)19-12-6-4-3-5-11(12)15(20)17-8-7-14-18-13(10-25-14)16(21)22/h3-6,10,19H,2,7-9H2,1H3,(H,17,20)(H,21,22). The maximum absolute atomic E-state index is 12.4. The Kier molecular flexibility index (Phi) is 6.70. The summed E-state index contributed by atoms with van der Waals surface area (Å²) in [7, 11) is -3.50. The molecule has 0 saturated carbocycles. The van der Waals surface area contributed by atoms with Crippen molar-refractivity contribution in [1.82, 2.24) is 10.3 Å². The van der Waals surface area contributed by atoms with Gasteiger partial charge in [0.2, 0.25) is 10.0 Å². The molecule has 1 aromatic carbocycles. The quantitative estimate of drug-likeness (QED) is 0.594. The summed E-state index contributed by atoms with van der Waals surface area (Å²) in [5.74, 6) is -1.54. The molecule has 1 aromatic heterocycles. The maximum atomic E-state index is 12.4. The van der Waals surface area contributed by atoms with Crippen LogP contribution >= 0.6 is 11.3 Å². The number of nitrogens with one attached hydrogen (secondary N) is 2. The van der Waals surface area contributed by atoms with Gasteiger partial charge in [-0.15, -0.1) is 11.3 Å². The molecule has 0 atom stereocenters. The fourth-order valence-corrected chi connectivity index (χ4v) is 4.08. The number of benzene rings is 1. The molecule has 1 heterocycles. The van der Waals surface area contributed by atoms with E-state index in [0.29, 0.717) is 17.8 Å². The fourth-order valence-electron chi connectivity index (χ4n) is 2.16. The van der Waals surface area contributed by atoms with E-state index in [-0.39, 0.29) is 29.2 Å². The molecule has 0 aliphatic carbocycles. The van der Waals surface area contributed by atoms with Gasteiger partial charge in [-0.2, -0.15) is 0 Å². The van der Waals surface area contributed by atoms with Crippen molar-refractivity contribution in [3.8, 4) is 0 Å². The first-order chi connectivity index (χ1) is 12.3. The van der Waals surface area contributed by atoms with Gasteiger partial charge in [-0.1, -0.05) is 19.1 Å². The van der Waals surface area contributed by atoms with Crippen LogP contribution in [0.2, 0.25) is 0 Å². The zero-order chi connectivity index (χ0) is 19.2. The summed E-state index contributed by atoms with van der Waals surface area (Å²) in [4.78, 5) is 27.1. The predicted molar refractivity (Wildman–Crippen MR) is 99.3 cm³/mol. The number of hydrogen-bond donors (Lipinski definition) is 3. The van der Waals surface area contributed by atoms with Crippen molar-refractivity contribution >= 4 is 38.9 Å². The molecule has 0 aliphatic rings. The average Bonchev–Trinajstić information content (AvgIpc) is 3.04. The summed E-state index contributed by atoms with van der Waals surface area (Å²) >= 11 is 1.21. The Labute approximate surface area is 155 Å². The molecule has 0 saturated heterocycles. The molecular formula is C16H19N3O5S2. The smallest absolute Gasteiger partial charge is 0.355 e. The van der Waals surface area contributed by atoms with E-state index >= 15 is 0 Å². The number of carbonyl (C=O) groups is 2. The van der Waals surface area contributed by atoms with Crippen LogP contribution in [0.15, 0.2) is 29.6 Å². The van der Waals surface area contributed by atoms with Crippen LogP contribution in [0.4, 0.5) is 5.69 Å². The SMILES string of the molecule is CCCS(=O)(=O)Nc1ccccc1C(=O)NCCc1nc(C(=O)O)cs1.